The third kappa shape index (κ3) is 3.39. The Kier molecular flexibility index (Phi) is 6.04. The number of hydrogen-bond donors (Lipinski definition) is 0. The first-order valence-electron chi connectivity index (χ1n) is 11.9. The summed E-state index contributed by atoms with van der Waals surface area (Å²) < 4.78 is 6.36. The van der Waals surface area contributed by atoms with Gasteiger partial charge in [0.25, 0.3) is 0 Å². The number of ketones is 2. The second kappa shape index (κ2) is 9.18. The first kappa shape index (κ1) is 23.7. The average molecular weight is 491 g/mol. The van der Waals surface area contributed by atoms with Gasteiger partial charge in [0.1, 0.15) is 0 Å². The standard InChI is InChI=1S/C32H27O3P/c1-24(33)31-32(25(2)34)36(27-17-9-4-10-18-27,28-19-11-5-12-20-28,29-21-13-6-14-22-29)23-30(35-31)26-15-7-3-8-16-26/h3-23H,1-2H3. The molecular formula is C32H27O3P. The van der Waals surface area contributed by atoms with Crippen LogP contribution in [0.25, 0.3) is 5.76 Å². The molecule has 36 heavy (non-hydrogen) atoms. The molecule has 4 aromatic carbocycles. The molecule has 0 N–H and O–H groups in total. The Hall–Kier alpha value is -4.07. The Labute approximate surface area is 211 Å². The number of Topliss-reactive ketones (excluding diaryl/α,β-unsaturated/α-hetero) is 2. The minimum absolute atomic E-state index is 0.109. The molecule has 4 heteroatoms. The topological polar surface area (TPSA) is 43.4 Å². The van der Waals surface area contributed by atoms with E-state index in [9.17, 15) is 9.59 Å². The Bertz CT molecular complexity index is 1390. The maximum absolute atomic E-state index is 13.8. The van der Waals surface area contributed by atoms with Crippen molar-refractivity contribution in [2.75, 3.05) is 0 Å². The fourth-order valence-electron chi connectivity index (χ4n) is 5.43. The van der Waals surface area contributed by atoms with Crippen molar-refractivity contribution in [2.45, 2.75) is 13.8 Å². The van der Waals surface area contributed by atoms with Crippen LogP contribution in [-0.4, -0.2) is 11.6 Å². The Morgan fingerprint density at radius 3 is 1.31 bits per heavy atom. The fourth-order valence-corrected chi connectivity index (χ4v) is 12.0. The molecule has 1 aliphatic heterocycles. The summed E-state index contributed by atoms with van der Waals surface area (Å²) in [4.78, 5) is 27.1. The molecule has 1 heterocycles. The molecule has 0 fully saturated rings. The first-order chi connectivity index (χ1) is 17.5. The van der Waals surface area contributed by atoms with E-state index in [1.54, 1.807) is 6.92 Å². The van der Waals surface area contributed by atoms with E-state index < -0.39 is 6.60 Å². The molecular weight excluding hydrogens is 463 g/mol. The molecule has 0 atom stereocenters. The molecule has 0 amide bonds. The number of carbonyl (C=O) groups is 2. The first-order valence-corrected chi connectivity index (χ1v) is 14.2. The number of rotatable bonds is 6. The molecule has 1 aliphatic rings. The summed E-state index contributed by atoms with van der Waals surface area (Å²) in [5.41, 5.74) is 0.843. The van der Waals surface area contributed by atoms with Crippen LogP contribution in [0, 0.1) is 0 Å². The molecule has 3 nitrogen and oxygen atoms in total. The summed E-state index contributed by atoms with van der Waals surface area (Å²) in [5, 5.41) is 3.35. The van der Waals surface area contributed by atoms with Crippen molar-refractivity contribution in [3.8, 4) is 0 Å². The molecule has 0 spiro atoms. The van der Waals surface area contributed by atoms with Crippen LogP contribution in [-0.2, 0) is 14.3 Å². The van der Waals surface area contributed by atoms with E-state index in [0.717, 1.165) is 21.5 Å². The van der Waals surface area contributed by atoms with Crippen LogP contribution in [0.15, 0.2) is 138 Å². The molecule has 178 valence electrons. The van der Waals surface area contributed by atoms with Gasteiger partial charge in [-0.15, -0.1) is 0 Å². The van der Waals surface area contributed by atoms with Gasteiger partial charge in [-0.2, -0.15) is 0 Å². The van der Waals surface area contributed by atoms with Gasteiger partial charge in [0.15, 0.2) is 0 Å². The van der Waals surface area contributed by atoms with Crippen LogP contribution in [0.5, 0.6) is 0 Å². The second-order valence-corrected chi connectivity index (χ2v) is 13.6. The summed E-state index contributed by atoms with van der Waals surface area (Å²) in [5.74, 6) is 2.37. The average Bonchev–Trinajstić information content (AvgIpc) is 2.94. The monoisotopic (exact) mass is 490 g/mol. The van der Waals surface area contributed by atoms with Gasteiger partial charge in [-0.25, -0.2) is 0 Å². The molecule has 0 aromatic heterocycles. The maximum atomic E-state index is 13.8. The molecule has 0 aliphatic carbocycles. The summed E-state index contributed by atoms with van der Waals surface area (Å²) in [6.07, 6.45) is 0. The second-order valence-electron chi connectivity index (χ2n) is 8.95. The molecule has 0 saturated carbocycles. The minimum atomic E-state index is -3.94. The van der Waals surface area contributed by atoms with Gasteiger partial charge in [0, 0.05) is 0 Å². The third-order valence-corrected chi connectivity index (χ3v) is 13.2. The Morgan fingerprint density at radius 1 is 0.556 bits per heavy atom. The SMILES string of the molecule is CC(=O)C1=C(C(C)=O)P(c2ccccc2)(c2ccccc2)(c2ccccc2)C=C(c2ccccc2)O1. The molecule has 0 saturated heterocycles. The summed E-state index contributed by atoms with van der Waals surface area (Å²) in [6.45, 7) is -0.928. The van der Waals surface area contributed by atoms with E-state index in [4.69, 9.17) is 4.74 Å². The van der Waals surface area contributed by atoms with Crippen LogP contribution in [0.2, 0.25) is 0 Å². The zero-order chi connectivity index (χ0) is 25.2. The van der Waals surface area contributed by atoms with Crippen LogP contribution in [0.3, 0.4) is 0 Å². The van der Waals surface area contributed by atoms with Crippen LogP contribution < -0.4 is 15.9 Å². The van der Waals surface area contributed by atoms with Gasteiger partial charge in [-0.3, -0.25) is 0 Å². The van der Waals surface area contributed by atoms with E-state index >= 15 is 0 Å². The normalized spacial score (nSPS) is 17.2. The number of allylic oxidation sites excluding steroid dienone is 2. The van der Waals surface area contributed by atoms with Crippen molar-refractivity contribution < 1.29 is 14.3 Å². The van der Waals surface area contributed by atoms with Gasteiger partial charge in [0.05, 0.1) is 0 Å². The number of carbonyl (C=O) groups excluding carboxylic acids is 2. The van der Waals surface area contributed by atoms with Crippen LogP contribution >= 0.6 is 6.60 Å². The van der Waals surface area contributed by atoms with Crippen molar-refractivity contribution in [1.82, 2.24) is 0 Å². The zero-order valence-electron chi connectivity index (χ0n) is 20.3. The van der Waals surface area contributed by atoms with Gasteiger partial charge in [-0.1, -0.05) is 0 Å². The van der Waals surface area contributed by atoms with E-state index in [-0.39, 0.29) is 17.3 Å². The Morgan fingerprint density at radius 2 is 0.944 bits per heavy atom. The zero-order valence-corrected chi connectivity index (χ0v) is 21.2. The predicted molar refractivity (Wildman–Crippen MR) is 149 cm³/mol. The molecule has 4 aromatic rings. The molecule has 0 radical (unpaired) electrons. The third-order valence-electron chi connectivity index (χ3n) is 6.86. The van der Waals surface area contributed by atoms with Gasteiger partial charge >= 0.3 is 212 Å². The van der Waals surface area contributed by atoms with E-state index in [1.807, 2.05) is 84.9 Å². The quantitative estimate of drug-likeness (QED) is 0.315. The molecule has 0 bridgehead atoms. The number of hydrogen-bond acceptors (Lipinski definition) is 3. The number of benzene rings is 4. The van der Waals surface area contributed by atoms with E-state index in [1.165, 1.54) is 6.92 Å². The molecule has 0 unspecified atom stereocenters. The fraction of sp³-hybridized carbons (Fsp3) is 0.0625. The van der Waals surface area contributed by atoms with Crippen molar-refractivity contribution in [1.29, 1.82) is 0 Å². The van der Waals surface area contributed by atoms with Crippen molar-refractivity contribution >= 4 is 39.8 Å². The van der Waals surface area contributed by atoms with Gasteiger partial charge < -0.3 is 0 Å². The Balaban J connectivity index is 2.13. The van der Waals surface area contributed by atoms with Gasteiger partial charge in [0.2, 0.25) is 0 Å². The van der Waals surface area contributed by atoms with Crippen molar-refractivity contribution in [3.05, 3.63) is 144 Å². The summed E-state index contributed by atoms with van der Waals surface area (Å²) in [7, 11) is 0. The summed E-state index contributed by atoms with van der Waals surface area (Å²) in [6, 6.07) is 40.1. The van der Waals surface area contributed by atoms with Crippen molar-refractivity contribution in [3.63, 3.8) is 0 Å². The van der Waals surface area contributed by atoms with E-state index in [0.29, 0.717) is 11.1 Å². The van der Waals surface area contributed by atoms with E-state index in [2.05, 4.69) is 42.2 Å². The number of ether oxygens (including phenoxy) is 1. The van der Waals surface area contributed by atoms with Crippen molar-refractivity contribution in [2.24, 2.45) is 0 Å². The van der Waals surface area contributed by atoms with Gasteiger partial charge in [-0.05, 0) is 0 Å². The summed E-state index contributed by atoms with van der Waals surface area (Å²) >= 11 is 0. The molecule has 5 rings (SSSR count). The van der Waals surface area contributed by atoms with Crippen LogP contribution in [0.4, 0.5) is 0 Å². The predicted octanol–water partition coefficient (Wildman–Crippen LogP) is 5.93. The van der Waals surface area contributed by atoms with Crippen LogP contribution in [0.1, 0.15) is 19.4 Å².